The highest BCUT2D eigenvalue weighted by Gasteiger charge is 2.17. The van der Waals surface area contributed by atoms with Gasteiger partial charge in [0.05, 0.1) is 14.2 Å². The van der Waals surface area contributed by atoms with E-state index in [-0.39, 0.29) is 11.9 Å². The van der Waals surface area contributed by atoms with Gasteiger partial charge in [0.2, 0.25) is 5.95 Å². The maximum atomic E-state index is 12.7. The summed E-state index contributed by atoms with van der Waals surface area (Å²) in [4.78, 5) is 21.5. The van der Waals surface area contributed by atoms with Crippen molar-refractivity contribution in [3.8, 4) is 11.5 Å². The van der Waals surface area contributed by atoms with E-state index in [4.69, 9.17) is 9.47 Å². The summed E-state index contributed by atoms with van der Waals surface area (Å²) >= 11 is 0. The van der Waals surface area contributed by atoms with Crippen LogP contribution in [0.2, 0.25) is 0 Å². The zero-order valence-corrected chi connectivity index (χ0v) is 17.5. The lowest BCUT2D eigenvalue weighted by atomic mass is 10.1. The molecule has 1 aliphatic carbocycles. The number of nitrogens with one attached hydrogen (secondary N) is 2. The van der Waals surface area contributed by atoms with Gasteiger partial charge in [0.25, 0.3) is 5.91 Å². The van der Waals surface area contributed by atoms with Crippen LogP contribution in [0.15, 0.2) is 24.3 Å². The van der Waals surface area contributed by atoms with Gasteiger partial charge >= 0.3 is 0 Å². The number of aromatic nitrogens is 2. The SMILES string of the molecule is COc1ccc(CNc2nc(C)cc(C(=O)NC3CCCCCC3)n2)cc1OC. The molecule has 1 saturated carbocycles. The Bertz CT molecular complexity index is 833. The summed E-state index contributed by atoms with van der Waals surface area (Å²) in [5, 5.41) is 6.34. The minimum Gasteiger partial charge on any atom is -0.493 e. The number of hydrogen-bond donors (Lipinski definition) is 2. The number of rotatable bonds is 7. The number of hydrogen-bond acceptors (Lipinski definition) is 6. The minimum atomic E-state index is -0.128. The zero-order chi connectivity index (χ0) is 20.6. The fourth-order valence-electron chi connectivity index (χ4n) is 3.62. The first-order chi connectivity index (χ1) is 14.1. The number of methoxy groups -OCH3 is 2. The number of ether oxygens (including phenoxy) is 2. The summed E-state index contributed by atoms with van der Waals surface area (Å²) in [7, 11) is 3.22. The van der Waals surface area contributed by atoms with Crippen molar-refractivity contribution in [1.82, 2.24) is 15.3 Å². The third kappa shape index (κ3) is 5.82. The first kappa shape index (κ1) is 20.9. The van der Waals surface area contributed by atoms with Crippen LogP contribution in [0.4, 0.5) is 5.95 Å². The molecule has 1 fully saturated rings. The predicted molar refractivity (Wildman–Crippen MR) is 113 cm³/mol. The lowest BCUT2D eigenvalue weighted by Gasteiger charge is -2.16. The Morgan fingerprint density at radius 2 is 1.76 bits per heavy atom. The number of anilines is 1. The van der Waals surface area contributed by atoms with Gasteiger partial charge in [0.1, 0.15) is 5.69 Å². The van der Waals surface area contributed by atoms with Crippen LogP contribution in [0.25, 0.3) is 0 Å². The van der Waals surface area contributed by atoms with Gasteiger partial charge in [0, 0.05) is 18.3 Å². The van der Waals surface area contributed by atoms with Crippen molar-refractivity contribution in [2.24, 2.45) is 0 Å². The molecule has 156 valence electrons. The van der Waals surface area contributed by atoms with E-state index >= 15 is 0 Å². The molecule has 2 aromatic rings. The van der Waals surface area contributed by atoms with Gasteiger partial charge in [-0.05, 0) is 43.5 Å². The van der Waals surface area contributed by atoms with Crippen molar-refractivity contribution in [2.75, 3.05) is 19.5 Å². The van der Waals surface area contributed by atoms with Gasteiger partial charge in [-0.2, -0.15) is 0 Å². The van der Waals surface area contributed by atoms with E-state index in [2.05, 4.69) is 20.6 Å². The lowest BCUT2D eigenvalue weighted by Crippen LogP contribution is -2.35. The van der Waals surface area contributed by atoms with Gasteiger partial charge in [-0.15, -0.1) is 0 Å². The normalized spacial score (nSPS) is 14.7. The number of aryl methyl sites for hydroxylation is 1. The summed E-state index contributed by atoms with van der Waals surface area (Å²) < 4.78 is 10.6. The van der Waals surface area contributed by atoms with E-state index in [1.54, 1.807) is 20.3 Å². The average molecular weight is 399 g/mol. The Morgan fingerprint density at radius 3 is 2.45 bits per heavy atom. The molecule has 3 rings (SSSR count). The van der Waals surface area contributed by atoms with Crippen molar-refractivity contribution in [2.45, 2.75) is 58.0 Å². The fraction of sp³-hybridized carbons (Fsp3) is 0.500. The molecule has 1 amide bonds. The highest BCUT2D eigenvalue weighted by atomic mass is 16.5. The molecule has 1 aromatic heterocycles. The Labute approximate surface area is 172 Å². The van der Waals surface area contributed by atoms with Crippen molar-refractivity contribution in [3.05, 3.63) is 41.2 Å². The number of amides is 1. The molecule has 0 saturated heterocycles. The average Bonchev–Trinajstić information content (AvgIpc) is 3.00. The number of carbonyl (C=O) groups is 1. The smallest absolute Gasteiger partial charge is 0.270 e. The van der Waals surface area contributed by atoms with E-state index in [0.717, 1.165) is 24.1 Å². The van der Waals surface area contributed by atoms with Crippen LogP contribution in [0, 0.1) is 6.92 Å². The molecule has 0 atom stereocenters. The second-order valence-electron chi connectivity index (χ2n) is 7.42. The zero-order valence-electron chi connectivity index (χ0n) is 17.5. The second-order valence-corrected chi connectivity index (χ2v) is 7.42. The van der Waals surface area contributed by atoms with Crippen molar-refractivity contribution < 1.29 is 14.3 Å². The molecular weight excluding hydrogens is 368 g/mol. The Hall–Kier alpha value is -2.83. The minimum absolute atomic E-state index is 0.128. The predicted octanol–water partition coefficient (Wildman–Crippen LogP) is 3.87. The summed E-state index contributed by atoms with van der Waals surface area (Å²) in [6, 6.07) is 7.68. The fourth-order valence-corrected chi connectivity index (χ4v) is 3.62. The molecule has 0 radical (unpaired) electrons. The van der Waals surface area contributed by atoms with Gasteiger partial charge in [-0.25, -0.2) is 9.97 Å². The highest BCUT2D eigenvalue weighted by Crippen LogP contribution is 2.27. The van der Waals surface area contributed by atoms with E-state index in [1.807, 2.05) is 25.1 Å². The van der Waals surface area contributed by atoms with Crippen LogP contribution >= 0.6 is 0 Å². The van der Waals surface area contributed by atoms with Crippen LogP contribution in [0.3, 0.4) is 0 Å². The Balaban J connectivity index is 1.66. The van der Waals surface area contributed by atoms with Crippen molar-refractivity contribution in [3.63, 3.8) is 0 Å². The molecule has 2 N–H and O–H groups in total. The lowest BCUT2D eigenvalue weighted by molar-refractivity contribution is 0.0928. The van der Waals surface area contributed by atoms with Gasteiger partial charge in [-0.1, -0.05) is 31.7 Å². The first-order valence-electron chi connectivity index (χ1n) is 10.2. The van der Waals surface area contributed by atoms with Crippen LogP contribution in [-0.2, 0) is 6.54 Å². The summed E-state index contributed by atoms with van der Waals surface area (Å²) in [6.07, 6.45) is 6.94. The maximum Gasteiger partial charge on any atom is 0.270 e. The maximum absolute atomic E-state index is 12.7. The van der Waals surface area contributed by atoms with E-state index < -0.39 is 0 Å². The van der Waals surface area contributed by atoms with Crippen molar-refractivity contribution in [1.29, 1.82) is 0 Å². The first-order valence-corrected chi connectivity index (χ1v) is 10.2. The third-order valence-electron chi connectivity index (χ3n) is 5.18. The van der Waals surface area contributed by atoms with Crippen LogP contribution in [0.1, 0.15) is 60.3 Å². The number of benzene rings is 1. The second kappa shape index (κ2) is 10.1. The monoisotopic (exact) mass is 398 g/mol. The third-order valence-corrected chi connectivity index (χ3v) is 5.18. The highest BCUT2D eigenvalue weighted by molar-refractivity contribution is 5.92. The standard InChI is InChI=1S/C22H30N4O3/c1-15-12-18(21(27)25-17-8-6-4-5-7-9-17)26-22(24-15)23-14-16-10-11-19(28-2)20(13-16)29-3/h10-13,17H,4-9,14H2,1-3H3,(H,25,27)(H,23,24,26). The van der Waals surface area contributed by atoms with Crippen molar-refractivity contribution >= 4 is 11.9 Å². The summed E-state index contributed by atoms with van der Waals surface area (Å²) in [5.74, 6) is 1.66. The van der Waals surface area contributed by atoms with Crippen LogP contribution in [0.5, 0.6) is 11.5 Å². The molecule has 0 spiro atoms. The summed E-state index contributed by atoms with van der Waals surface area (Å²) in [5.41, 5.74) is 2.15. The molecule has 1 aromatic carbocycles. The molecule has 7 nitrogen and oxygen atoms in total. The van der Waals surface area contributed by atoms with Gasteiger partial charge in [0.15, 0.2) is 11.5 Å². The van der Waals surface area contributed by atoms with Gasteiger partial charge in [-0.3, -0.25) is 4.79 Å². The Kier molecular flexibility index (Phi) is 7.27. The van der Waals surface area contributed by atoms with Crippen LogP contribution in [-0.4, -0.2) is 36.1 Å². The molecule has 1 aliphatic rings. The number of nitrogens with zero attached hydrogens (tertiary/aromatic N) is 2. The molecule has 29 heavy (non-hydrogen) atoms. The summed E-state index contributed by atoms with van der Waals surface area (Å²) in [6.45, 7) is 2.37. The molecule has 7 heteroatoms. The Morgan fingerprint density at radius 1 is 1.03 bits per heavy atom. The van der Waals surface area contributed by atoms with E-state index in [0.29, 0.717) is 29.7 Å². The largest absolute Gasteiger partial charge is 0.493 e. The van der Waals surface area contributed by atoms with Gasteiger partial charge < -0.3 is 20.1 Å². The van der Waals surface area contributed by atoms with E-state index in [1.165, 1.54) is 25.7 Å². The molecule has 0 unspecified atom stereocenters. The topological polar surface area (TPSA) is 85.4 Å². The van der Waals surface area contributed by atoms with E-state index in [9.17, 15) is 4.79 Å². The molecule has 0 aliphatic heterocycles. The quantitative estimate of drug-likeness (QED) is 0.689. The molecular formula is C22H30N4O3. The molecule has 1 heterocycles. The molecule has 0 bridgehead atoms. The van der Waals surface area contributed by atoms with Crippen LogP contribution < -0.4 is 20.1 Å². The number of carbonyl (C=O) groups excluding carboxylic acids is 1.